The van der Waals surface area contributed by atoms with E-state index in [0.717, 1.165) is 5.56 Å². The summed E-state index contributed by atoms with van der Waals surface area (Å²) < 4.78 is 10.7. The van der Waals surface area contributed by atoms with Crippen molar-refractivity contribution in [2.24, 2.45) is 0 Å². The van der Waals surface area contributed by atoms with E-state index in [-0.39, 0.29) is 12.2 Å². The second-order valence-corrected chi connectivity index (χ2v) is 4.70. The molecule has 0 aliphatic heterocycles. The molecule has 0 saturated carbocycles. The molecule has 2 rings (SSSR count). The van der Waals surface area contributed by atoms with E-state index in [1.54, 1.807) is 19.1 Å². The number of nitriles is 1. The second kappa shape index (κ2) is 8.40. The third-order valence-corrected chi connectivity index (χ3v) is 3.07. The van der Waals surface area contributed by atoms with Crippen LogP contribution in [-0.4, -0.2) is 12.6 Å². The summed E-state index contributed by atoms with van der Waals surface area (Å²) in [5, 5.41) is 9.12. The van der Waals surface area contributed by atoms with E-state index in [1.165, 1.54) is 6.08 Å². The fourth-order valence-electron chi connectivity index (χ4n) is 1.97. The number of benzene rings is 2. The van der Waals surface area contributed by atoms with Crippen LogP contribution < -0.4 is 4.74 Å². The summed E-state index contributed by atoms with van der Waals surface area (Å²) in [7, 11) is 0. The molecule has 23 heavy (non-hydrogen) atoms. The van der Waals surface area contributed by atoms with Crippen LogP contribution in [0.5, 0.6) is 5.75 Å². The summed E-state index contributed by atoms with van der Waals surface area (Å²) in [6.45, 7) is 2.33. The van der Waals surface area contributed by atoms with Crippen molar-refractivity contribution in [1.82, 2.24) is 0 Å². The van der Waals surface area contributed by atoms with Crippen LogP contribution in [0, 0.1) is 11.3 Å². The largest absolute Gasteiger partial charge is 0.488 e. The van der Waals surface area contributed by atoms with Crippen LogP contribution in [0.15, 0.2) is 60.2 Å². The maximum Gasteiger partial charge on any atom is 0.348 e. The van der Waals surface area contributed by atoms with Gasteiger partial charge in [0.1, 0.15) is 24.0 Å². The average molecular weight is 307 g/mol. The predicted octanol–water partition coefficient (Wildman–Crippen LogP) is 3.74. The van der Waals surface area contributed by atoms with E-state index in [4.69, 9.17) is 14.7 Å². The van der Waals surface area contributed by atoms with Gasteiger partial charge in [-0.05, 0) is 24.6 Å². The van der Waals surface area contributed by atoms with E-state index in [2.05, 4.69) is 0 Å². The fourth-order valence-corrected chi connectivity index (χ4v) is 1.97. The van der Waals surface area contributed by atoms with E-state index in [9.17, 15) is 4.79 Å². The molecule has 4 nitrogen and oxygen atoms in total. The number of rotatable bonds is 6. The van der Waals surface area contributed by atoms with Gasteiger partial charge in [0.05, 0.1) is 6.61 Å². The van der Waals surface area contributed by atoms with Gasteiger partial charge in [0, 0.05) is 5.56 Å². The zero-order valence-corrected chi connectivity index (χ0v) is 12.9. The van der Waals surface area contributed by atoms with Crippen LogP contribution in [0.2, 0.25) is 0 Å². The SMILES string of the molecule is CCOC(=O)C(C#N)=Cc1ccccc1OCc1ccccc1. The fraction of sp³-hybridized carbons (Fsp3) is 0.158. The van der Waals surface area contributed by atoms with Gasteiger partial charge in [0.2, 0.25) is 0 Å². The Morgan fingerprint density at radius 2 is 1.83 bits per heavy atom. The van der Waals surface area contributed by atoms with Gasteiger partial charge in [-0.15, -0.1) is 0 Å². The molecule has 0 radical (unpaired) electrons. The van der Waals surface area contributed by atoms with Gasteiger partial charge in [0.25, 0.3) is 0 Å². The number of hydrogen-bond donors (Lipinski definition) is 0. The molecular weight excluding hydrogens is 290 g/mol. The first-order chi connectivity index (χ1) is 11.2. The zero-order chi connectivity index (χ0) is 16.5. The molecule has 0 amide bonds. The van der Waals surface area contributed by atoms with Crippen LogP contribution in [0.1, 0.15) is 18.1 Å². The van der Waals surface area contributed by atoms with Gasteiger partial charge in [-0.2, -0.15) is 5.26 Å². The van der Waals surface area contributed by atoms with Gasteiger partial charge < -0.3 is 9.47 Å². The first-order valence-electron chi connectivity index (χ1n) is 7.29. The topological polar surface area (TPSA) is 59.3 Å². The Hall–Kier alpha value is -3.06. The quantitative estimate of drug-likeness (QED) is 0.463. The normalized spacial score (nSPS) is 10.7. The summed E-state index contributed by atoms with van der Waals surface area (Å²) in [4.78, 5) is 11.7. The van der Waals surface area contributed by atoms with E-state index < -0.39 is 5.97 Å². The standard InChI is InChI=1S/C19H17NO3/c1-2-22-19(21)17(13-20)12-16-10-6-7-11-18(16)23-14-15-8-4-3-5-9-15/h3-12H,2,14H2,1H3. The highest BCUT2D eigenvalue weighted by Crippen LogP contribution is 2.22. The third kappa shape index (κ3) is 4.72. The smallest absolute Gasteiger partial charge is 0.348 e. The Morgan fingerprint density at radius 3 is 2.52 bits per heavy atom. The van der Waals surface area contributed by atoms with Crippen molar-refractivity contribution in [3.8, 4) is 11.8 Å². The van der Waals surface area contributed by atoms with Crippen molar-refractivity contribution in [2.45, 2.75) is 13.5 Å². The number of nitrogens with zero attached hydrogens (tertiary/aromatic N) is 1. The van der Waals surface area contributed by atoms with Crippen LogP contribution in [0.4, 0.5) is 0 Å². The number of carbonyl (C=O) groups excluding carboxylic acids is 1. The lowest BCUT2D eigenvalue weighted by atomic mass is 10.1. The van der Waals surface area contributed by atoms with Crippen molar-refractivity contribution >= 4 is 12.0 Å². The third-order valence-electron chi connectivity index (χ3n) is 3.07. The Bertz CT molecular complexity index is 730. The highest BCUT2D eigenvalue weighted by Gasteiger charge is 2.11. The second-order valence-electron chi connectivity index (χ2n) is 4.70. The maximum absolute atomic E-state index is 11.7. The molecule has 0 spiro atoms. The molecule has 0 saturated heterocycles. The van der Waals surface area contributed by atoms with Crippen LogP contribution in [-0.2, 0) is 16.1 Å². The number of para-hydroxylation sites is 1. The number of carbonyl (C=O) groups is 1. The van der Waals surface area contributed by atoms with E-state index in [0.29, 0.717) is 17.9 Å². The summed E-state index contributed by atoms with van der Waals surface area (Å²) in [5.41, 5.74) is 1.65. The average Bonchev–Trinajstić information content (AvgIpc) is 2.59. The molecule has 0 N–H and O–H groups in total. The Morgan fingerprint density at radius 1 is 1.13 bits per heavy atom. The van der Waals surface area contributed by atoms with E-state index in [1.807, 2.05) is 48.5 Å². The van der Waals surface area contributed by atoms with Crippen molar-refractivity contribution in [1.29, 1.82) is 5.26 Å². The van der Waals surface area contributed by atoms with Gasteiger partial charge in [-0.25, -0.2) is 4.79 Å². The van der Waals surface area contributed by atoms with Crippen molar-refractivity contribution < 1.29 is 14.3 Å². The summed E-state index contributed by atoms with van der Waals surface area (Å²) in [6.07, 6.45) is 1.48. The maximum atomic E-state index is 11.7. The molecule has 0 atom stereocenters. The molecule has 0 aromatic heterocycles. The van der Waals surface area contributed by atoms with Gasteiger partial charge >= 0.3 is 5.97 Å². The lowest BCUT2D eigenvalue weighted by Gasteiger charge is -2.09. The Kier molecular flexibility index (Phi) is 5.96. The molecular formula is C19H17NO3. The Balaban J connectivity index is 2.20. The first-order valence-corrected chi connectivity index (χ1v) is 7.29. The van der Waals surface area contributed by atoms with Crippen molar-refractivity contribution in [3.05, 3.63) is 71.3 Å². The molecule has 0 aliphatic carbocycles. The van der Waals surface area contributed by atoms with Gasteiger partial charge in [0.15, 0.2) is 0 Å². The van der Waals surface area contributed by atoms with Crippen LogP contribution >= 0.6 is 0 Å². The van der Waals surface area contributed by atoms with Crippen LogP contribution in [0.25, 0.3) is 6.08 Å². The monoisotopic (exact) mass is 307 g/mol. The minimum absolute atomic E-state index is 0.0531. The lowest BCUT2D eigenvalue weighted by molar-refractivity contribution is -0.137. The number of esters is 1. The van der Waals surface area contributed by atoms with Crippen molar-refractivity contribution in [2.75, 3.05) is 6.61 Å². The summed E-state index contributed by atoms with van der Waals surface area (Å²) >= 11 is 0. The molecule has 2 aromatic carbocycles. The number of hydrogen-bond acceptors (Lipinski definition) is 4. The molecule has 116 valence electrons. The Labute approximate surface area is 135 Å². The molecule has 0 unspecified atom stereocenters. The molecule has 0 aliphatic rings. The minimum atomic E-state index is -0.632. The highest BCUT2D eigenvalue weighted by atomic mass is 16.5. The molecule has 0 fully saturated rings. The van der Waals surface area contributed by atoms with Gasteiger partial charge in [-0.3, -0.25) is 0 Å². The first kappa shape index (κ1) is 16.3. The number of ether oxygens (including phenoxy) is 2. The minimum Gasteiger partial charge on any atom is -0.488 e. The lowest BCUT2D eigenvalue weighted by Crippen LogP contribution is -2.06. The summed E-state index contributed by atoms with van der Waals surface area (Å²) in [5.74, 6) is -0.0266. The predicted molar refractivity (Wildman–Crippen MR) is 87.4 cm³/mol. The zero-order valence-electron chi connectivity index (χ0n) is 12.9. The summed E-state index contributed by atoms with van der Waals surface area (Å²) in [6, 6.07) is 18.9. The molecule has 2 aromatic rings. The molecule has 4 heteroatoms. The molecule has 0 bridgehead atoms. The van der Waals surface area contributed by atoms with E-state index >= 15 is 0 Å². The van der Waals surface area contributed by atoms with Gasteiger partial charge in [-0.1, -0.05) is 48.5 Å². The van der Waals surface area contributed by atoms with Crippen molar-refractivity contribution in [3.63, 3.8) is 0 Å². The molecule has 0 heterocycles. The highest BCUT2D eigenvalue weighted by molar-refractivity contribution is 5.98. The van der Waals surface area contributed by atoms with Crippen LogP contribution in [0.3, 0.4) is 0 Å².